The summed E-state index contributed by atoms with van der Waals surface area (Å²) in [5, 5.41) is 7.05. The smallest absolute Gasteiger partial charge is 0.326 e. The fourth-order valence-corrected chi connectivity index (χ4v) is 3.46. The summed E-state index contributed by atoms with van der Waals surface area (Å²) in [5.74, 6) is -1.70. The highest BCUT2D eigenvalue weighted by Gasteiger charge is 2.45. The standard InChI is InChI=1S/C21H22N4O5/c26-18-16(10-14-11-23-19-15(14)2-1-5-22-19)30-20(24-25-6-8-28-9-7-25)17(18)21(27)29-12-13-3-4-13/h1-2,5,10-11,13,17H,3-4,6-9,12H2,(H,22,23)/b16-10-,24-20?. The lowest BCUT2D eigenvalue weighted by Crippen LogP contribution is -2.35. The van der Waals surface area contributed by atoms with Crippen LogP contribution in [0.25, 0.3) is 17.1 Å². The Kier molecular flexibility index (Phi) is 4.96. The highest BCUT2D eigenvalue weighted by molar-refractivity contribution is 6.27. The lowest BCUT2D eigenvalue weighted by molar-refractivity contribution is -0.148. The molecule has 1 saturated carbocycles. The number of morpholine rings is 1. The fourth-order valence-electron chi connectivity index (χ4n) is 3.46. The third kappa shape index (κ3) is 3.80. The number of esters is 1. The number of pyridine rings is 1. The Bertz CT molecular complexity index is 1030. The SMILES string of the molecule is O=C(OCC1CC1)C1C(=O)/C(=C/c2c[nH]c3ncccc23)OC1=NN1CCOCC1. The number of fused-ring (bicyclic) bond motifs is 1. The van der Waals surface area contributed by atoms with Gasteiger partial charge in [0.15, 0.2) is 5.76 Å². The Morgan fingerprint density at radius 3 is 3.00 bits per heavy atom. The van der Waals surface area contributed by atoms with Crippen LogP contribution in [0.2, 0.25) is 0 Å². The van der Waals surface area contributed by atoms with Gasteiger partial charge in [0, 0.05) is 23.3 Å². The van der Waals surface area contributed by atoms with Crippen LogP contribution in [-0.4, -0.2) is 65.5 Å². The van der Waals surface area contributed by atoms with Crippen LogP contribution in [0.4, 0.5) is 0 Å². The van der Waals surface area contributed by atoms with Gasteiger partial charge in [-0.25, -0.2) is 4.98 Å². The molecule has 2 saturated heterocycles. The van der Waals surface area contributed by atoms with Crippen LogP contribution in [0.3, 0.4) is 0 Å². The molecule has 156 valence electrons. The second-order valence-electron chi connectivity index (χ2n) is 7.63. The molecule has 1 N–H and O–H groups in total. The first-order valence-corrected chi connectivity index (χ1v) is 10.1. The van der Waals surface area contributed by atoms with E-state index in [0.717, 1.165) is 23.8 Å². The monoisotopic (exact) mass is 410 g/mol. The lowest BCUT2D eigenvalue weighted by Gasteiger charge is -2.24. The Labute approximate surface area is 172 Å². The number of hydrogen-bond donors (Lipinski definition) is 1. The van der Waals surface area contributed by atoms with Crippen molar-refractivity contribution in [2.45, 2.75) is 12.8 Å². The van der Waals surface area contributed by atoms with Crippen molar-refractivity contribution in [3.8, 4) is 0 Å². The Morgan fingerprint density at radius 2 is 2.20 bits per heavy atom. The minimum absolute atomic E-state index is 0.0620. The molecule has 4 heterocycles. The third-order valence-corrected chi connectivity index (χ3v) is 5.36. The molecule has 0 amide bonds. The molecular formula is C21H22N4O5. The van der Waals surface area contributed by atoms with Crippen LogP contribution in [0, 0.1) is 11.8 Å². The zero-order valence-electron chi connectivity index (χ0n) is 16.4. The molecule has 2 aliphatic heterocycles. The van der Waals surface area contributed by atoms with E-state index in [2.05, 4.69) is 15.1 Å². The molecule has 1 atom stereocenters. The molecule has 1 aliphatic carbocycles. The van der Waals surface area contributed by atoms with Gasteiger partial charge in [0.2, 0.25) is 17.6 Å². The van der Waals surface area contributed by atoms with Crippen molar-refractivity contribution < 1.29 is 23.8 Å². The Balaban J connectivity index is 1.44. The summed E-state index contributed by atoms with van der Waals surface area (Å²) in [7, 11) is 0. The Morgan fingerprint density at radius 1 is 1.37 bits per heavy atom. The third-order valence-electron chi connectivity index (χ3n) is 5.36. The highest BCUT2D eigenvalue weighted by Crippen LogP contribution is 2.31. The number of nitrogens with one attached hydrogen (secondary N) is 1. The van der Waals surface area contributed by atoms with Crippen molar-refractivity contribution in [2.24, 2.45) is 16.9 Å². The number of carbonyl (C=O) groups excluding carboxylic acids is 2. The van der Waals surface area contributed by atoms with Crippen LogP contribution in [0.15, 0.2) is 35.4 Å². The second-order valence-corrected chi connectivity index (χ2v) is 7.63. The predicted molar refractivity (Wildman–Crippen MR) is 107 cm³/mol. The van der Waals surface area contributed by atoms with Crippen molar-refractivity contribution in [1.29, 1.82) is 0 Å². The van der Waals surface area contributed by atoms with Gasteiger partial charge in [-0.2, -0.15) is 0 Å². The predicted octanol–water partition coefficient (Wildman–Crippen LogP) is 1.72. The molecule has 9 nitrogen and oxygen atoms in total. The molecule has 0 spiro atoms. The number of allylic oxidation sites excluding steroid dienone is 1. The van der Waals surface area contributed by atoms with Gasteiger partial charge >= 0.3 is 5.97 Å². The summed E-state index contributed by atoms with van der Waals surface area (Å²) in [6.45, 7) is 2.54. The first kappa shape index (κ1) is 18.8. The first-order chi connectivity index (χ1) is 14.7. The minimum Gasteiger partial charge on any atom is -0.464 e. The van der Waals surface area contributed by atoms with Gasteiger partial charge in [0.1, 0.15) is 5.65 Å². The number of Topliss-reactive ketones (excluding diaryl/α,β-unsaturated/α-hetero) is 1. The summed E-state index contributed by atoms with van der Waals surface area (Å²) < 4.78 is 16.5. The summed E-state index contributed by atoms with van der Waals surface area (Å²) in [5.41, 5.74) is 1.46. The van der Waals surface area contributed by atoms with E-state index in [1.165, 1.54) is 0 Å². The summed E-state index contributed by atoms with van der Waals surface area (Å²) in [6, 6.07) is 3.72. The average molecular weight is 410 g/mol. The van der Waals surface area contributed by atoms with Crippen molar-refractivity contribution in [2.75, 3.05) is 32.9 Å². The molecule has 2 aromatic heterocycles. The number of H-pyrrole nitrogens is 1. The maximum Gasteiger partial charge on any atom is 0.326 e. The molecule has 0 bridgehead atoms. The van der Waals surface area contributed by atoms with Gasteiger partial charge < -0.3 is 19.2 Å². The zero-order valence-corrected chi connectivity index (χ0v) is 16.4. The van der Waals surface area contributed by atoms with Crippen molar-refractivity contribution in [1.82, 2.24) is 15.0 Å². The van der Waals surface area contributed by atoms with E-state index in [1.54, 1.807) is 23.5 Å². The molecule has 9 heteroatoms. The molecule has 1 unspecified atom stereocenters. The number of ether oxygens (including phenoxy) is 3. The van der Waals surface area contributed by atoms with Gasteiger partial charge in [-0.3, -0.25) is 14.6 Å². The quantitative estimate of drug-likeness (QED) is 0.454. The van der Waals surface area contributed by atoms with Gasteiger partial charge in [0.05, 0.1) is 32.9 Å². The van der Waals surface area contributed by atoms with Crippen LogP contribution in [-0.2, 0) is 23.8 Å². The van der Waals surface area contributed by atoms with E-state index in [0.29, 0.717) is 44.5 Å². The first-order valence-electron chi connectivity index (χ1n) is 10.1. The summed E-state index contributed by atoms with van der Waals surface area (Å²) in [6.07, 6.45) is 7.16. The van der Waals surface area contributed by atoms with Crippen molar-refractivity contribution in [3.05, 3.63) is 35.8 Å². The van der Waals surface area contributed by atoms with E-state index >= 15 is 0 Å². The minimum atomic E-state index is -1.18. The van der Waals surface area contributed by atoms with Crippen molar-refractivity contribution >= 4 is 34.8 Å². The maximum absolute atomic E-state index is 13.1. The fraction of sp³-hybridized carbons (Fsp3) is 0.429. The number of rotatable bonds is 5. The number of aromatic nitrogens is 2. The number of hydrazone groups is 1. The second kappa shape index (κ2) is 7.91. The zero-order chi connectivity index (χ0) is 20.5. The number of aromatic amines is 1. The topological polar surface area (TPSA) is 106 Å². The number of ketones is 1. The van der Waals surface area contributed by atoms with E-state index in [-0.39, 0.29) is 11.7 Å². The molecule has 3 aliphatic rings. The van der Waals surface area contributed by atoms with Gasteiger partial charge in [-0.1, -0.05) is 0 Å². The molecule has 0 radical (unpaired) electrons. The molecule has 5 rings (SSSR count). The normalized spacial score (nSPS) is 24.6. The van der Waals surface area contributed by atoms with E-state index < -0.39 is 17.7 Å². The van der Waals surface area contributed by atoms with Crippen LogP contribution < -0.4 is 0 Å². The molecular weight excluding hydrogens is 388 g/mol. The van der Waals surface area contributed by atoms with E-state index in [1.807, 2.05) is 12.1 Å². The summed E-state index contributed by atoms with van der Waals surface area (Å²) in [4.78, 5) is 33.1. The van der Waals surface area contributed by atoms with Gasteiger partial charge in [0.25, 0.3) is 0 Å². The summed E-state index contributed by atoms with van der Waals surface area (Å²) >= 11 is 0. The van der Waals surface area contributed by atoms with Crippen LogP contribution in [0.1, 0.15) is 18.4 Å². The number of carbonyl (C=O) groups is 2. The molecule has 2 aromatic rings. The van der Waals surface area contributed by atoms with Crippen LogP contribution >= 0.6 is 0 Å². The highest BCUT2D eigenvalue weighted by atomic mass is 16.5. The molecule has 30 heavy (non-hydrogen) atoms. The molecule has 0 aromatic carbocycles. The average Bonchev–Trinajstić information content (AvgIpc) is 3.44. The largest absolute Gasteiger partial charge is 0.464 e. The van der Waals surface area contributed by atoms with E-state index in [4.69, 9.17) is 14.2 Å². The number of nitrogens with zero attached hydrogens (tertiary/aromatic N) is 3. The van der Waals surface area contributed by atoms with Crippen LogP contribution in [0.5, 0.6) is 0 Å². The molecule has 3 fully saturated rings. The lowest BCUT2D eigenvalue weighted by atomic mass is 10.0. The van der Waals surface area contributed by atoms with Gasteiger partial charge in [-0.15, -0.1) is 5.10 Å². The maximum atomic E-state index is 13.1. The Hall–Kier alpha value is -3.20. The van der Waals surface area contributed by atoms with Gasteiger partial charge in [-0.05, 0) is 37.0 Å². The van der Waals surface area contributed by atoms with Crippen molar-refractivity contribution in [3.63, 3.8) is 0 Å². The number of hydrogen-bond acceptors (Lipinski definition) is 8. The van der Waals surface area contributed by atoms with E-state index in [9.17, 15) is 9.59 Å².